The molecule has 1 heterocycles. The minimum atomic E-state index is -0.303. The van der Waals surface area contributed by atoms with Crippen LogP contribution in [0.4, 0.5) is 0 Å². The predicted octanol–water partition coefficient (Wildman–Crippen LogP) is 16.2. The molecule has 0 spiro atoms. The minimum Gasteiger partial charge on any atom is -0.459 e. The highest BCUT2D eigenvalue weighted by Crippen LogP contribution is 2.30. The highest BCUT2D eigenvalue weighted by Gasteiger charge is 2.34. The first kappa shape index (κ1) is 60.2. The second-order valence-electron chi connectivity index (χ2n) is 16.2. The maximum atomic E-state index is 13.1. The maximum absolute atomic E-state index is 13.1. The number of amides is 1. The normalized spacial score (nSPS) is 14.3. The molecule has 1 aliphatic rings. The molecule has 1 rings (SSSR count). The van der Waals surface area contributed by atoms with Gasteiger partial charge < -0.3 is 15.0 Å². The van der Waals surface area contributed by atoms with Gasteiger partial charge in [-0.05, 0) is 123 Å². The number of carbonyl (C=O) groups excluding carboxylic acids is 2. The van der Waals surface area contributed by atoms with Gasteiger partial charge in [-0.3, -0.25) is 9.59 Å². The predicted molar refractivity (Wildman–Crippen MR) is 260 cm³/mol. The van der Waals surface area contributed by atoms with Crippen molar-refractivity contribution in [2.75, 3.05) is 26.7 Å². The molecule has 1 atom stereocenters. The maximum Gasteiger partial charge on any atom is 0.310 e. The summed E-state index contributed by atoms with van der Waals surface area (Å²) in [7, 11) is 2.11. The first-order valence-electron chi connectivity index (χ1n) is 25.1. The van der Waals surface area contributed by atoms with Crippen molar-refractivity contribution in [2.24, 2.45) is 5.92 Å². The number of ether oxygens (including phenoxy) is 1. The SMILES string of the molecule is CC.CC.CCCCC/C=C\C/C=C\CCCCCCCCC(C)(CCCCCCCC/C=C\C/C=C\CCCCC)OC(=O)C1CCN(C)C1.CCCCNC=O. The van der Waals surface area contributed by atoms with Gasteiger partial charge in [-0.15, -0.1) is 0 Å². The van der Waals surface area contributed by atoms with Crippen LogP contribution in [0.25, 0.3) is 0 Å². The van der Waals surface area contributed by atoms with Crippen molar-refractivity contribution in [1.29, 1.82) is 0 Å². The van der Waals surface area contributed by atoms with Gasteiger partial charge in [-0.2, -0.15) is 0 Å². The van der Waals surface area contributed by atoms with Crippen molar-refractivity contribution in [2.45, 2.75) is 247 Å². The van der Waals surface area contributed by atoms with Crippen molar-refractivity contribution >= 4 is 12.4 Å². The standard InChI is InChI=1S/C44H79NO2.C5H11NO.2C2H6/c1-5-7-9-11-13-15-17-19-21-23-25-27-29-31-33-35-38-44(3,47-43(46)42-37-40-45(4)41-42)39-36-34-32-30-28-26-24-22-20-18-16-14-12-10-8-6-2;1-2-3-4-6-5-7;2*1-2/h13-16,19-22,42H,5-12,17-18,23-41H2,1-4H3;5H,2-4H2,1H3,(H,6,7);2*1-2H3/b15-13-,16-14-,21-19-,22-20-;;;. The van der Waals surface area contributed by atoms with Gasteiger partial charge in [0.05, 0.1) is 5.92 Å². The van der Waals surface area contributed by atoms with E-state index in [4.69, 9.17) is 4.74 Å². The molecule has 1 unspecified atom stereocenters. The van der Waals surface area contributed by atoms with E-state index in [1.807, 2.05) is 27.7 Å². The minimum absolute atomic E-state index is 0.0527. The Morgan fingerprint density at radius 2 is 0.966 bits per heavy atom. The van der Waals surface area contributed by atoms with Crippen LogP contribution in [0, 0.1) is 5.92 Å². The van der Waals surface area contributed by atoms with E-state index in [9.17, 15) is 9.59 Å². The number of unbranched alkanes of at least 4 members (excludes halogenated alkanes) is 19. The molecule has 0 radical (unpaired) electrons. The lowest BCUT2D eigenvalue weighted by molar-refractivity contribution is -0.164. The summed E-state index contributed by atoms with van der Waals surface area (Å²) >= 11 is 0. The molecule has 1 N–H and O–H groups in total. The Bertz CT molecular complexity index is 892. The van der Waals surface area contributed by atoms with Crippen molar-refractivity contribution in [3.63, 3.8) is 0 Å². The number of likely N-dealkylation sites (tertiary alicyclic amines) is 1. The highest BCUT2D eigenvalue weighted by molar-refractivity contribution is 5.73. The molecule has 58 heavy (non-hydrogen) atoms. The fourth-order valence-corrected chi connectivity index (χ4v) is 6.99. The van der Waals surface area contributed by atoms with E-state index in [1.54, 1.807) is 0 Å². The summed E-state index contributed by atoms with van der Waals surface area (Å²) < 4.78 is 6.33. The number of esters is 1. The topological polar surface area (TPSA) is 58.6 Å². The summed E-state index contributed by atoms with van der Waals surface area (Å²) in [5, 5.41) is 2.57. The van der Waals surface area contributed by atoms with Gasteiger partial charge in [0, 0.05) is 13.1 Å². The van der Waals surface area contributed by atoms with Crippen molar-refractivity contribution in [3.8, 4) is 0 Å². The van der Waals surface area contributed by atoms with Crippen LogP contribution in [0.15, 0.2) is 48.6 Å². The van der Waals surface area contributed by atoms with Crippen LogP contribution in [0.5, 0.6) is 0 Å². The molecule has 1 amide bonds. The number of allylic oxidation sites excluding steroid dienone is 8. The van der Waals surface area contributed by atoms with Crippen LogP contribution in [0.2, 0.25) is 0 Å². The zero-order chi connectivity index (χ0) is 43.6. The Hall–Kier alpha value is -2.14. The number of hydrogen-bond acceptors (Lipinski definition) is 4. The number of hydrogen-bond donors (Lipinski definition) is 1. The Kier molecular flexibility index (Phi) is 52.9. The second kappa shape index (κ2) is 51.0. The molecule has 5 heteroatoms. The van der Waals surface area contributed by atoms with Crippen molar-refractivity contribution < 1.29 is 14.3 Å². The van der Waals surface area contributed by atoms with Gasteiger partial charge in [0.15, 0.2) is 0 Å². The van der Waals surface area contributed by atoms with E-state index in [1.165, 1.54) is 141 Å². The smallest absolute Gasteiger partial charge is 0.310 e. The molecule has 1 aliphatic heterocycles. The van der Waals surface area contributed by atoms with Gasteiger partial charge in [0.25, 0.3) is 0 Å². The number of carbonyl (C=O) groups is 2. The first-order valence-corrected chi connectivity index (χ1v) is 25.1. The zero-order valence-corrected chi connectivity index (χ0v) is 40.6. The molecule has 1 fully saturated rings. The van der Waals surface area contributed by atoms with Crippen LogP contribution in [0.3, 0.4) is 0 Å². The van der Waals surface area contributed by atoms with Gasteiger partial charge in [-0.1, -0.05) is 181 Å². The summed E-state index contributed by atoms with van der Waals surface area (Å²) in [6.07, 6.45) is 55.0. The largest absolute Gasteiger partial charge is 0.459 e. The fourth-order valence-electron chi connectivity index (χ4n) is 6.99. The Morgan fingerprint density at radius 1 is 0.586 bits per heavy atom. The average Bonchev–Trinajstić information content (AvgIpc) is 3.69. The van der Waals surface area contributed by atoms with E-state index in [-0.39, 0.29) is 17.5 Å². The third-order valence-corrected chi connectivity index (χ3v) is 10.6. The van der Waals surface area contributed by atoms with E-state index in [0.717, 1.165) is 71.0 Å². The number of nitrogens with one attached hydrogen (secondary N) is 1. The average molecular weight is 815 g/mol. The molecule has 0 aromatic heterocycles. The Morgan fingerprint density at radius 3 is 1.33 bits per heavy atom. The molecule has 342 valence electrons. The number of rotatable bonds is 36. The van der Waals surface area contributed by atoms with Gasteiger partial charge >= 0.3 is 5.97 Å². The summed E-state index contributed by atoms with van der Waals surface area (Å²) in [4.78, 5) is 24.9. The first-order chi connectivity index (χ1) is 28.4. The lowest BCUT2D eigenvalue weighted by Gasteiger charge is -2.31. The molecule has 0 aromatic carbocycles. The van der Waals surface area contributed by atoms with Crippen LogP contribution in [0.1, 0.15) is 242 Å². The second-order valence-corrected chi connectivity index (χ2v) is 16.2. The molecular weight excluding hydrogens is 713 g/mol. The van der Waals surface area contributed by atoms with Gasteiger partial charge in [0.2, 0.25) is 6.41 Å². The lowest BCUT2D eigenvalue weighted by atomic mass is 9.90. The summed E-state index contributed by atoms with van der Waals surface area (Å²) in [5.74, 6) is 0.114. The van der Waals surface area contributed by atoms with Crippen LogP contribution < -0.4 is 5.32 Å². The molecule has 0 saturated carbocycles. The van der Waals surface area contributed by atoms with Crippen LogP contribution in [-0.4, -0.2) is 49.6 Å². The quantitative estimate of drug-likeness (QED) is 0.0296. The molecular formula is C53H102N2O3. The fraction of sp³-hybridized carbons (Fsp3) is 0.811. The van der Waals surface area contributed by atoms with Crippen LogP contribution in [-0.2, 0) is 14.3 Å². The summed E-state index contributed by atoms with van der Waals surface area (Å²) in [5.41, 5.74) is -0.303. The van der Waals surface area contributed by atoms with Crippen molar-refractivity contribution in [3.05, 3.63) is 48.6 Å². The van der Waals surface area contributed by atoms with Gasteiger partial charge in [-0.25, -0.2) is 0 Å². The third-order valence-electron chi connectivity index (χ3n) is 10.6. The van der Waals surface area contributed by atoms with Gasteiger partial charge in [0.1, 0.15) is 5.60 Å². The molecule has 0 aliphatic carbocycles. The highest BCUT2D eigenvalue weighted by atomic mass is 16.6. The summed E-state index contributed by atoms with van der Waals surface area (Å²) in [6.45, 7) is 19.5. The van der Waals surface area contributed by atoms with Crippen molar-refractivity contribution in [1.82, 2.24) is 10.2 Å². The van der Waals surface area contributed by atoms with E-state index >= 15 is 0 Å². The Balaban J connectivity index is -0.00000243. The zero-order valence-electron chi connectivity index (χ0n) is 40.6. The molecule has 0 aromatic rings. The molecule has 1 saturated heterocycles. The van der Waals surface area contributed by atoms with Crippen LogP contribution >= 0.6 is 0 Å². The van der Waals surface area contributed by atoms with E-state index < -0.39 is 0 Å². The Labute approximate surface area is 364 Å². The van der Waals surface area contributed by atoms with E-state index in [2.05, 4.69) is 93.6 Å². The monoisotopic (exact) mass is 815 g/mol. The molecule has 5 nitrogen and oxygen atoms in total. The summed E-state index contributed by atoms with van der Waals surface area (Å²) in [6, 6.07) is 0. The third kappa shape index (κ3) is 45.0. The number of nitrogens with zero attached hydrogens (tertiary/aromatic N) is 1. The molecule has 0 bridgehead atoms. The van der Waals surface area contributed by atoms with E-state index in [0.29, 0.717) is 0 Å². The lowest BCUT2D eigenvalue weighted by Crippen LogP contribution is -2.35.